The van der Waals surface area contributed by atoms with Crippen molar-refractivity contribution in [1.82, 2.24) is 20.5 Å². The van der Waals surface area contributed by atoms with Gasteiger partial charge in [0.25, 0.3) is 0 Å². The van der Waals surface area contributed by atoms with Crippen molar-refractivity contribution in [1.29, 1.82) is 0 Å². The molecule has 2 heterocycles. The van der Waals surface area contributed by atoms with Gasteiger partial charge in [0.2, 0.25) is 0 Å². The Bertz CT molecular complexity index is 795. The molecule has 1 aliphatic heterocycles. The Balaban J connectivity index is 1.29. The topological polar surface area (TPSA) is 55.5 Å². The molecule has 5 nitrogen and oxygen atoms in total. The van der Waals surface area contributed by atoms with Crippen LogP contribution in [0.3, 0.4) is 0 Å². The maximum absolute atomic E-state index is 6.14. The molecule has 3 N–H and O–H groups in total. The van der Waals surface area contributed by atoms with Crippen molar-refractivity contribution in [2.75, 3.05) is 20.1 Å². The van der Waals surface area contributed by atoms with Crippen LogP contribution in [0.25, 0.3) is 10.9 Å². The summed E-state index contributed by atoms with van der Waals surface area (Å²) in [6, 6.07) is 7.98. The maximum atomic E-state index is 6.14. The van der Waals surface area contributed by atoms with Gasteiger partial charge >= 0.3 is 0 Å². The molecular weight excluding hydrogens is 346 g/mol. The summed E-state index contributed by atoms with van der Waals surface area (Å²) in [6.07, 6.45) is 6.94. The molecule has 26 heavy (non-hydrogen) atoms. The number of hydrogen-bond donors (Lipinski definition) is 3. The number of halogens is 1. The first-order chi connectivity index (χ1) is 12.6. The van der Waals surface area contributed by atoms with Gasteiger partial charge in [-0.3, -0.25) is 9.89 Å². The average molecular weight is 374 g/mol. The lowest BCUT2D eigenvalue weighted by molar-refractivity contribution is 0.256. The number of benzene rings is 1. The molecule has 1 aromatic carbocycles. The summed E-state index contributed by atoms with van der Waals surface area (Å²) in [4.78, 5) is 10.4. The Morgan fingerprint density at radius 3 is 3.00 bits per heavy atom. The zero-order chi connectivity index (χ0) is 18.1. The summed E-state index contributed by atoms with van der Waals surface area (Å²) in [6.45, 7) is 4.32. The van der Waals surface area contributed by atoms with Crippen molar-refractivity contribution in [3.8, 4) is 0 Å². The molecular formula is C20H28ClN5. The predicted molar refractivity (Wildman–Crippen MR) is 109 cm³/mol. The molecule has 0 radical (unpaired) electrons. The van der Waals surface area contributed by atoms with Crippen LogP contribution in [0.4, 0.5) is 0 Å². The molecule has 1 aromatic heterocycles. The standard InChI is InChI=1S/C20H28ClN5/c1-13-9-16(12-26(13)17-4-5-17)25-20(22-2)23-8-7-14-11-24-19-6-3-15(21)10-18(14)19/h3,6,10-11,13,16-17,24H,4-5,7-9,12H2,1-2H3,(H2,22,23,25). The number of guanidine groups is 1. The molecule has 0 bridgehead atoms. The lowest BCUT2D eigenvalue weighted by Gasteiger charge is -2.20. The molecule has 2 unspecified atom stereocenters. The molecule has 140 valence electrons. The molecule has 1 saturated heterocycles. The zero-order valence-corrected chi connectivity index (χ0v) is 16.3. The number of hydrogen-bond acceptors (Lipinski definition) is 2. The minimum Gasteiger partial charge on any atom is -0.361 e. The van der Waals surface area contributed by atoms with Crippen LogP contribution in [-0.2, 0) is 6.42 Å². The normalized spacial score (nSPS) is 24.3. The van der Waals surface area contributed by atoms with Crippen LogP contribution < -0.4 is 10.6 Å². The van der Waals surface area contributed by atoms with Crippen LogP contribution in [0.15, 0.2) is 29.4 Å². The molecule has 4 rings (SSSR count). The van der Waals surface area contributed by atoms with Crippen molar-refractivity contribution < 1.29 is 0 Å². The van der Waals surface area contributed by atoms with Gasteiger partial charge in [-0.05, 0) is 56.4 Å². The van der Waals surface area contributed by atoms with Crippen molar-refractivity contribution in [3.05, 3.63) is 35.0 Å². The van der Waals surface area contributed by atoms with E-state index in [1.807, 2.05) is 25.2 Å². The fourth-order valence-corrected chi connectivity index (χ4v) is 4.31. The highest BCUT2D eigenvalue weighted by molar-refractivity contribution is 6.31. The van der Waals surface area contributed by atoms with E-state index < -0.39 is 0 Å². The lowest BCUT2D eigenvalue weighted by atomic mass is 10.1. The Labute approximate surface area is 160 Å². The summed E-state index contributed by atoms with van der Waals surface area (Å²) in [7, 11) is 1.85. The van der Waals surface area contributed by atoms with Gasteiger partial charge < -0.3 is 15.6 Å². The Morgan fingerprint density at radius 1 is 1.38 bits per heavy atom. The largest absolute Gasteiger partial charge is 0.361 e. The Morgan fingerprint density at radius 2 is 2.23 bits per heavy atom. The number of H-pyrrole nitrogens is 1. The fraction of sp³-hybridized carbons (Fsp3) is 0.550. The first-order valence-electron chi connectivity index (χ1n) is 9.62. The second kappa shape index (κ2) is 7.49. The Hall–Kier alpha value is -1.72. The van der Waals surface area contributed by atoms with Gasteiger partial charge in [0.05, 0.1) is 0 Å². The van der Waals surface area contributed by atoms with Gasteiger partial charge in [-0.15, -0.1) is 0 Å². The highest BCUT2D eigenvalue weighted by atomic mass is 35.5. The van der Waals surface area contributed by atoms with Crippen molar-refractivity contribution in [2.24, 2.45) is 4.99 Å². The van der Waals surface area contributed by atoms with Gasteiger partial charge in [0, 0.05) is 60.4 Å². The maximum Gasteiger partial charge on any atom is 0.191 e. The minimum atomic E-state index is 0.490. The third-order valence-electron chi connectivity index (χ3n) is 5.62. The van der Waals surface area contributed by atoms with E-state index in [9.17, 15) is 0 Å². The van der Waals surface area contributed by atoms with Gasteiger partial charge in [0.15, 0.2) is 5.96 Å². The smallest absolute Gasteiger partial charge is 0.191 e. The third-order valence-corrected chi connectivity index (χ3v) is 5.85. The number of aromatic amines is 1. The highest BCUT2D eigenvalue weighted by Gasteiger charge is 2.38. The zero-order valence-electron chi connectivity index (χ0n) is 15.6. The number of nitrogens with zero attached hydrogens (tertiary/aromatic N) is 2. The van der Waals surface area contributed by atoms with Crippen LogP contribution in [-0.4, -0.2) is 54.1 Å². The minimum absolute atomic E-state index is 0.490. The van der Waals surface area contributed by atoms with Crippen molar-refractivity contribution >= 4 is 28.5 Å². The second-order valence-corrected chi connectivity index (χ2v) is 8.04. The van der Waals surface area contributed by atoms with E-state index in [1.54, 1.807) is 0 Å². The number of fused-ring (bicyclic) bond motifs is 1. The highest BCUT2D eigenvalue weighted by Crippen LogP contribution is 2.33. The van der Waals surface area contributed by atoms with E-state index in [0.717, 1.165) is 42.1 Å². The summed E-state index contributed by atoms with van der Waals surface area (Å²) >= 11 is 6.14. The van der Waals surface area contributed by atoms with E-state index >= 15 is 0 Å². The van der Waals surface area contributed by atoms with E-state index in [2.05, 4.69) is 38.6 Å². The summed E-state index contributed by atoms with van der Waals surface area (Å²) in [5.74, 6) is 0.901. The first-order valence-corrected chi connectivity index (χ1v) is 10.0. The monoisotopic (exact) mass is 373 g/mol. The molecule has 2 fully saturated rings. The van der Waals surface area contributed by atoms with E-state index in [-0.39, 0.29) is 0 Å². The van der Waals surface area contributed by atoms with Crippen LogP contribution in [0.5, 0.6) is 0 Å². The van der Waals surface area contributed by atoms with Gasteiger partial charge in [0.1, 0.15) is 0 Å². The summed E-state index contributed by atoms with van der Waals surface area (Å²) < 4.78 is 0. The van der Waals surface area contributed by atoms with E-state index in [1.165, 1.54) is 30.2 Å². The van der Waals surface area contributed by atoms with Crippen LogP contribution in [0, 0.1) is 0 Å². The number of aliphatic imine (C=N–C) groups is 1. The lowest BCUT2D eigenvalue weighted by Crippen LogP contribution is -2.45. The molecule has 0 spiro atoms. The Kier molecular flexibility index (Phi) is 5.09. The average Bonchev–Trinajstić information content (AvgIpc) is 3.30. The van der Waals surface area contributed by atoms with Crippen LogP contribution in [0.1, 0.15) is 31.7 Å². The summed E-state index contributed by atoms with van der Waals surface area (Å²) in [5, 5.41) is 9.04. The van der Waals surface area contributed by atoms with E-state index in [0.29, 0.717) is 12.1 Å². The van der Waals surface area contributed by atoms with Gasteiger partial charge in [-0.25, -0.2) is 0 Å². The van der Waals surface area contributed by atoms with Crippen LogP contribution in [0.2, 0.25) is 5.02 Å². The molecule has 2 aromatic rings. The molecule has 2 atom stereocenters. The van der Waals surface area contributed by atoms with Gasteiger partial charge in [-0.1, -0.05) is 11.6 Å². The molecule has 1 aliphatic carbocycles. The number of rotatable bonds is 5. The second-order valence-electron chi connectivity index (χ2n) is 7.61. The molecule has 2 aliphatic rings. The quantitative estimate of drug-likeness (QED) is 0.557. The molecule has 1 saturated carbocycles. The molecule has 0 amide bonds. The molecule has 6 heteroatoms. The van der Waals surface area contributed by atoms with Gasteiger partial charge in [-0.2, -0.15) is 0 Å². The number of nitrogens with one attached hydrogen (secondary N) is 3. The van der Waals surface area contributed by atoms with E-state index in [4.69, 9.17) is 11.6 Å². The number of likely N-dealkylation sites (tertiary alicyclic amines) is 1. The third kappa shape index (κ3) is 3.84. The van der Waals surface area contributed by atoms with Crippen molar-refractivity contribution in [2.45, 2.75) is 50.7 Å². The predicted octanol–water partition coefficient (Wildman–Crippen LogP) is 3.15. The summed E-state index contributed by atoms with van der Waals surface area (Å²) in [5.41, 5.74) is 2.41. The number of aromatic nitrogens is 1. The van der Waals surface area contributed by atoms with Crippen LogP contribution >= 0.6 is 11.6 Å². The first kappa shape index (κ1) is 17.7. The van der Waals surface area contributed by atoms with Crippen molar-refractivity contribution in [3.63, 3.8) is 0 Å². The fourth-order valence-electron chi connectivity index (χ4n) is 4.14. The SMILES string of the molecule is CN=C(NCCc1c[nH]c2ccc(Cl)cc12)NC1CC(C)N(C2CC2)C1.